The zero-order chi connectivity index (χ0) is 24.9. The van der Waals surface area contributed by atoms with Crippen LogP contribution in [-0.2, 0) is 4.79 Å². The van der Waals surface area contributed by atoms with Crippen molar-refractivity contribution in [3.05, 3.63) is 58.1 Å². The summed E-state index contributed by atoms with van der Waals surface area (Å²) >= 11 is 4.87. The van der Waals surface area contributed by atoms with E-state index in [1.165, 1.54) is 16.8 Å². The molecule has 2 aliphatic heterocycles. The Kier molecular flexibility index (Phi) is 7.92. The van der Waals surface area contributed by atoms with Crippen molar-refractivity contribution < 1.29 is 19.0 Å². The van der Waals surface area contributed by atoms with E-state index in [9.17, 15) is 4.79 Å². The third-order valence-corrected chi connectivity index (χ3v) is 6.75. The standard InChI is InChI=1S/C25H25BrN4O4S/c1-4-32-20-14-16(13-19(26)21(20)34-11-10-33-17-8-6-5-7-9-17)12-18-22(27)30-25(28-23(18)31)35-24(29-30)15(2)3/h5-9,12-15,27H,4,10-11H2,1-3H3. The number of carbonyl (C=O) groups excluding carboxylic acids is 1. The normalized spacial score (nSPS) is 16.4. The van der Waals surface area contributed by atoms with Crippen molar-refractivity contribution >= 4 is 55.7 Å². The largest absolute Gasteiger partial charge is 0.490 e. The summed E-state index contributed by atoms with van der Waals surface area (Å²) in [5, 5.41) is 15.7. The maximum absolute atomic E-state index is 12.7. The highest BCUT2D eigenvalue weighted by atomic mass is 79.9. The van der Waals surface area contributed by atoms with Crippen molar-refractivity contribution in [2.24, 2.45) is 16.0 Å². The molecule has 0 fully saturated rings. The number of hydrogen-bond acceptors (Lipinski definition) is 7. The zero-order valence-electron chi connectivity index (χ0n) is 19.6. The molecule has 8 nitrogen and oxygen atoms in total. The van der Waals surface area contributed by atoms with Crippen LogP contribution < -0.4 is 14.2 Å². The number of para-hydroxylation sites is 1. The molecule has 4 rings (SSSR count). The lowest BCUT2D eigenvalue weighted by Gasteiger charge is -2.20. The van der Waals surface area contributed by atoms with Gasteiger partial charge >= 0.3 is 0 Å². The summed E-state index contributed by atoms with van der Waals surface area (Å²) in [6, 6.07) is 13.1. The van der Waals surface area contributed by atoms with Crippen LogP contribution in [0.25, 0.3) is 6.08 Å². The molecule has 0 spiro atoms. The summed E-state index contributed by atoms with van der Waals surface area (Å²) in [5.41, 5.74) is 0.822. The number of hydrazone groups is 1. The molecular formula is C25H25BrN4O4S. The Morgan fingerprint density at radius 3 is 2.60 bits per heavy atom. The number of nitrogens with zero attached hydrogens (tertiary/aromatic N) is 3. The molecule has 0 aromatic heterocycles. The number of fused-ring (bicyclic) bond motifs is 1. The Morgan fingerprint density at radius 2 is 1.89 bits per heavy atom. The van der Waals surface area contributed by atoms with Crippen LogP contribution in [0.2, 0.25) is 0 Å². The van der Waals surface area contributed by atoms with E-state index >= 15 is 0 Å². The molecular weight excluding hydrogens is 532 g/mol. The lowest BCUT2D eigenvalue weighted by molar-refractivity contribution is -0.114. The molecule has 0 saturated heterocycles. The molecule has 0 unspecified atom stereocenters. The second-order valence-corrected chi connectivity index (χ2v) is 9.73. The molecule has 2 aromatic carbocycles. The van der Waals surface area contributed by atoms with Gasteiger partial charge in [0.05, 0.1) is 16.7 Å². The maximum atomic E-state index is 12.7. The van der Waals surface area contributed by atoms with Crippen molar-refractivity contribution in [2.75, 3.05) is 19.8 Å². The van der Waals surface area contributed by atoms with Gasteiger partial charge in [0.15, 0.2) is 17.3 Å². The van der Waals surface area contributed by atoms with Gasteiger partial charge in [0.2, 0.25) is 5.17 Å². The van der Waals surface area contributed by atoms with Crippen LogP contribution in [0.15, 0.2) is 62.6 Å². The first kappa shape index (κ1) is 25.0. The first-order valence-electron chi connectivity index (χ1n) is 11.1. The molecule has 1 N–H and O–H groups in total. The Balaban J connectivity index is 1.53. The third kappa shape index (κ3) is 5.76. The monoisotopic (exact) mass is 556 g/mol. The van der Waals surface area contributed by atoms with Gasteiger partial charge in [-0.15, -0.1) is 0 Å². The number of thioether (sulfide) groups is 1. The smallest absolute Gasteiger partial charge is 0.283 e. The third-order valence-electron chi connectivity index (χ3n) is 4.95. The number of ether oxygens (including phenoxy) is 3. The molecule has 2 aliphatic rings. The summed E-state index contributed by atoms with van der Waals surface area (Å²) in [6.07, 6.45) is 1.62. The highest BCUT2D eigenvalue weighted by Gasteiger charge is 2.36. The van der Waals surface area contributed by atoms with Crippen LogP contribution in [0.5, 0.6) is 17.2 Å². The number of nitrogens with one attached hydrogen (secondary N) is 1. The van der Waals surface area contributed by atoms with Crippen molar-refractivity contribution in [1.29, 1.82) is 5.41 Å². The number of benzene rings is 2. The van der Waals surface area contributed by atoms with E-state index in [4.69, 9.17) is 19.6 Å². The molecule has 1 amide bonds. The van der Waals surface area contributed by atoms with E-state index < -0.39 is 5.91 Å². The average molecular weight is 557 g/mol. The highest BCUT2D eigenvalue weighted by Crippen LogP contribution is 2.38. The minimum absolute atomic E-state index is 0.00406. The van der Waals surface area contributed by atoms with Crippen molar-refractivity contribution in [1.82, 2.24) is 5.01 Å². The van der Waals surface area contributed by atoms with Crippen LogP contribution in [-0.4, -0.2) is 46.8 Å². The van der Waals surface area contributed by atoms with E-state index in [2.05, 4.69) is 26.0 Å². The number of aliphatic imine (C=N–C) groups is 1. The van der Waals surface area contributed by atoms with Crippen LogP contribution in [0.1, 0.15) is 26.3 Å². The second kappa shape index (κ2) is 11.1. The number of carbonyl (C=O) groups is 1. The maximum Gasteiger partial charge on any atom is 0.283 e. The number of halogens is 1. The number of amidine groups is 2. The van der Waals surface area contributed by atoms with Gasteiger partial charge < -0.3 is 14.2 Å². The number of hydrogen-bond donors (Lipinski definition) is 1. The molecule has 2 heterocycles. The fourth-order valence-electron chi connectivity index (χ4n) is 3.30. The summed E-state index contributed by atoms with van der Waals surface area (Å²) in [4.78, 5) is 16.9. The number of amides is 1. The fourth-order valence-corrected chi connectivity index (χ4v) is 4.77. The van der Waals surface area contributed by atoms with E-state index in [0.29, 0.717) is 46.5 Å². The van der Waals surface area contributed by atoms with Gasteiger partial charge in [0, 0.05) is 5.92 Å². The predicted octanol–water partition coefficient (Wildman–Crippen LogP) is 5.58. The van der Waals surface area contributed by atoms with Gasteiger partial charge in [-0.05, 0) is 70.5 Å². The van der Waals surface area contributed by atoms with Crippen LogP contribution in [0.3, 0.4) is 0 Å². The van der Waals surface area contributed by atoms with Gasteiger partial charge in [-0.1, -0.05) is 32.0 Å². The van der Waals surface area contributed by atoms with Gasteiger partial charge in [-0.2, -0.15) is 15.1 Å². The molecule has 0 saturated carbocycles. The average Bonchev–Trinajstić information content (AvgIpc) is 3.26. The molecule has 10 heteroatoms. The van der Waals surface area contributed by atoms with Crippen LogP contribution >= 0.6 is 27.7 Å². The van der Waals surface area contributed by atoms with Crippen LogP contribution in [0.4, 0.5) is 0 Å². The minimum atomic E-state index is -0.471. The van der Waals surface area contributed by atoms with Gasteiger partial charge in [0.1, 0.15) is 24.0 Å². The SMILES string of the molecule is CCOc1cc(C=C2C(=N)N3N=C(C(C)C)SC3=NC2=O)cc(Br)c1OCCOc1ccccc1. The van der Waals surface area contributed by atoms with E-state index in [1.54, 1.807) is 12.1 Å². The number of rotatable bonds is 9. The second-order valence-electron chi connectivity index (χ2n) is 7.89. The van der Waals surface area contributed by atoms with E-state index in [-0.39, 0.29) is 17.3 Å². The molecule has 35 heavy (non-hydrogen) atoms. The Morgan fingerprint density at radius 1 is 1.14 bits per heavy atom. The molecule has 0 atom stereocenters. The summed E-state index contributed by atoms with van der Waals surface area (Å²) in [7, 11) is 0. The van der Waals surface area contributed by atoms with Crippen molar-refractivity contribution in [3.8, 4) is 17.2 Å². The van der Waals surface area contributed by atoms with E-state index in [0.717, 1.165) is 10.8 Å². The summed E-state index contributed by atoms with van der Waals surface area (Å²) in [6.45, 7) is 7.02. The van der Waals surface area contributed by atoms with Gasteiger partial charge in [-0.3, -0.25) is 10.2 Å². The summed E-state index contributed by atoms with van der Waals surface area (Å²) < 4.78 is 18.1. The fraction of sp³-hybridized carbons (Fsp3) is 0.280. The Hall–Kier alpha value is -3.11. The Labute approximate surface area is 216 Å². The topological polar surface area (TPSA) is 96.6 Å². The lowest BCUT2D eigenvalue weighted by Crippen LogP contribution is -2.35. The molecule has 2 aromatic rings. The molecule has 182 valence electrons. The quantitative estimate of drug-likeness (QED) is 0.320. The van der Waals surface area contributed by atoms with Crippen LogP contribution in [0, 0.1) is 11.3 Å². The first-order chi connectivity index (χ1) is 16.9. The first-order valence-corrected chi connectivity index (χ1v) is 12.8. The van der Waals surface area contributed by atoms with Crippen molar-refractivity contribution in [2.45, 2.75) is 20.8 Å². The van der Waals surface area contributed by atoms with Crippen molar-refractivity contribution in [3.63, 3.8) is 0 Å². The lowest BCUT2D eigenvalue weighted by atomic mass is 10.1. The molecule has 0 radical (unpaired) electrons. The minimum Gasteiger partial charge on any atom is -0.490 e. The zero-order valence-corrected chi connectivity index (χ0v) is 22.0. The predicted molar refractivity (Wildman–Crippen MR) is 143 cm³/mol. The van der Waals surface area contributed by atoms with Gasteiger partial charge in [0.25, 0.3) is 5.91 Å². The van der Waals surface area contributed by atoms with Gasteiger partial charge in [-0.25, -0.2) is 0 Å². The summed E-state index contributed by atoms with van der Waals surface area (Å²) in [5.74, 6) is 1.53. The Bertz CT molecular complexity index is 1230. The highest BCUT2D eigenvalue weighted by molar-refractivity contribution is 9.10. The molecule has 0 aliphatic carbocycles. The molecule has 0 bridgehead atoms. The van der Waals surface area contributed by atoms with E-state index in [1.807, 2.05) is 57.2 Å².